The Bertz CT molecular complexity index is 582. The summed E-state index contributed by atoms with van der Waals surface area (Å²) in [6.45, 7) is 2.64. The second kappa shape index (κ2) is 14.1. The molecule has 0 aliphatic rings. The predicted octanol–water partition coefficient (Wildman–Crippen LogP) is 7.02. The summed E-state index contributed by atoms with van der Waals surface area (Å²) in [6.07, 6.45) is 8.86. The molecule has 0 heterocycles. The lowest BCUT2D eigenvalue weighted by molar-refractivity contribution is -0.144. The Morgan fingerprint density at radius 3 is 2.00 bits per heavy atom. The normalized spacial score (nSPS) is 10.7. The second-order valence-corrected chi connectivity index (χ2v) is 7.56. The number of ether oxygens (including phenoxy) is 2. The molecule has 0 atom stereocenters. The SMILES string of the molecule is CCCCCCCCCOC(=O)CCCC(=O)Oc1cc(Cl)c(Cl)c(Cl)c1. The van der Waals surface area contributed by atoms with Gasteiger partial charge in [0.15, 0.2) is 0 Å². The number of benzene rings is 1. The Morgan fingerprint density at radius 2 is 1.37 bits per heavy atom. The molecule has 0 fully saturated rings. The largest absolute Gasteiger partial charge is 0.466 e. The minimum Gasteiger partial charge on any atom is -0.466 e. The van der Waals surface area contributed by atoms with Crippen molar-refractivity contribution in [3.8, 4) is 5.75 Å². The van der Waals surface area contributed by atoms with E-state index < -0.39 is 5.97 Å². The van der Waals surface area contributed by atoms with Crippen LogP contribution in [0.1, 0.15) is 71.1 Å². The van der Waals surface area contributed by atoms with E-state index in [0.717, 1.165) is 12.8 Å². The molecule has 0 saturated carbocycles. The number of rotatable bonds is 13. The van der Waals surface area contributed by atoms with Crippen LogP contribution in [0.5, 0.6) is 5.75 Å². The van der Waals surface area contributed by atoms with Crippen LogP contribution in [0.4, 0.5) is 0 Å². The van der Waals surface area contributed by atoms with Crippen LogP contribution < -0.4 is 4.74 Å². The minimum absolute atomic E-state index is 0.102. The summed E-state index contributed by atoms with van der Waals surface area (Å²) in [5, 5.41) is 0.628. The lowest BCUT2D eigenvalue weighted by Crippen LogP contribution is -2.10. The maximum absolute atomic E-state index is 11.8. The van der Waals surface area contributed by atoms with Crippen LogP contribution in [0.25, 0.3) is 0 Å². The van der Waals surface area contributed by atoms with E-state index in [1.54, 1.807) is 0 Å². The van der Waals surface area contributed by atoms with Crippen LogP contribution in [-0.4, -0.2) is 18.5 Å². The van der Waals surface area contributed by atoms with E-state index in [0.29, 0.717) is 13.0 Å². The molecule has 1 rings (SSSR count). The van der Waals surface area contributed by atoms with Crippen molar-refractivity contribution in [2.45, 2.75) is 71.1 Å². The van der Waals surface area contributed by atoms with E-state index in [2.05, 4.69) is 6.92 Å². The van der Waals surface area contributed by atoms with Crippen LogP contribution in [0, 0.1) is 0 Å². The summed E-state index contributed by atoms with van der Waals surface area (Å²) in [5.41, 5.74) is 0. The van der Waals surface area contributed by atoms with Gasteiger partial charge in [-0.25, -0.2) is 0 Å². The van der Waals surface area contributed by atoms with Gasteiger partial charge in [-0.15, -0.1) is 0 Å². The van der Waals surface area contributed by atoms with Crippen molar-refractivity contribution < 1.29 is 19.1 Å². The average molecular weight is 438 g/mol. The molecule has 27 heavy (non-hydrogen) atoms. The van der Waals surface area contributed by atoms with E-state index in [1.807, 2.05) is 0 Å². The first-order valence-corrected chi connectivity index (χ1v) is 10.6. The molecule has 1 aromatic rings. The van der Waals surface area contributed by atoms with Gasteiger partial charge in [0.25, 0.3) is 0 Å². The zero-order valence-corrected chi connectivity index (χ0v) is 18.0. The number of carbonyl (C=O) groups excluding carboxylic acids is 2. The average Bonchev–Trinajstić information content (AvgIpc) is 2.61. The molecule has 4 nitrogen and oxygen atoms in total. The van der Waals surface area contributed by atoms with Gasteiger partial charge in [-0.05, 0) is 12.8 Å². The zero-order valence-electron chi connectivity index (χ0n) is 15.7. The van der Waals surface area contributed by atoms with Crippen LogP contribution in [0.3, 0.4) is 0 Å². The number of hydrogen-bond donors (Lipinski definition) is 0. The highest BCUT2D eigenvalue weighted by atomic mass is 35.5. The molecule has 7 heteroatoms. The summed E-state index contributed by atoms with van der Waals surface area (Å²) < 4.78 is 10.3. The first-order valence-electron chi connectivity index (χ1n) is 9.45. The molecular weight excluding hydrogens is 411 g/mol. The van der Waals surface area contributed by atoms with Crippen molar-refractivity contribution in [1.29, 1.82) is 0 Å². The van der Waals surface area contributed by atoms with E-state index in [-0.39, 0.29) is 39.6 Å². The maximum atomic E-state index is 11.8. The third-order valence-corrected chi connectivity index (χ3v) is 5.16. The van der Waals surface area contributed by atoms with Crippen molar-refractivity contribution in [3.63, 3.8) is 0 Å². The molecule has 0 aromatic heterocycles. The third-order valence-electron chi connectivity index (χ3n) is 3.96. The Balaban J connectivity index is 2.11. The van der Waals surface area contributed by atoms with Crippen molar-refractivity contribution in [1.82, 2.24) is 0 Å². The van der Waals surface area contributed by atoms with Gasteiger partial charge < -0.3 is 9.47 Å². The zero-order chi connectivity index (χ0) is 20.1. The van der Waals surface area contributed by atoms with Gasteiger partial charge in [0.2, 0.25) is 0 Å². The summed E-state index contributed by atoms with van der Waals surface area (Å²) in [4.78, 5) is 23.5. The lowest BCUT2D eigenvalue weighted by Gasteiger charge is -2.07. The lowest BCUT2D eigenvalue weighted by atomic mass is 10.1. The quantitative estimate of drug-likeness (QED) is 0.144. The van der Waals surface area contributed by atoms with Crippen molar-refractivity contribution in [2.75, 3.05) is 6.61 Å². The van der Waals surface area contributed by atoms with Gasteiger partial charge in [0.1, 0.15) is 5.75 Å². The smallest absolute Gasteiger partial charge is 0.311 e. The summed E-state index contributed by atoms with van der Waals surface area (Å²) >= 11 is 17.6. The van der Waals surface area contributed by atoms with Gasteiger partial charge in [-0.3, -0.25) is 9.59 Å². The summed E-state index contributed by atoms with van der Waals surface area (Å²) in [7, 11) is 0. The maximum Gasteiger partial charge on any atom is 0.311 e. The standard InChI is InChI=1S/C20H27Cl3O4/c1-2-3-4-5-6-7-8-12-26-18(24)10-9-11-19(25)27-15-13-16(21)20(23)17(22)14-15/h13-14H,2-12H2,1H3. The topological polar surface area (TPSA) is 52.6 Å². The molecule has 0 unspecified atom stereocenters. The van der Waals surface area contributed by atoms with Gasteiger partial charge >= 0.3 is 11.9 Å². The molecule has 0 spiro atoms. The van der Waals surface area contributed by atoms with Gasteiger partial charge in [0.05, 0.1) is 21.7 Å². The number of hydrogen-bond acceptors (Lipinski definition) is 4. The molecular formula is C20H27Cl3O4. The fourth-order valence-electron chi connectivity index (χ4n) is 2.47. The first-order chi connectivity index (χ1) is 12.9. The van der Waals surface area contributed by atoms with Gasteiger partial charge in [0, 0.05) is 25.0 Å². The highest BCUT2D eigenvalue weighted by molar-refractivity contribution is 6.48. The Labute approximate surface area is 176 Å². The highest BCUT2D eigenvalue weighted by Gasteiger charge is 2.11. The number of unbranched alkanes of at least 4 members (excludes halogenated alkanes) is 6. The molecule has 0 saturated heterocycles. The van der Waals surface area contributed by atoms with E-state index in [4.69, 9.17) is 44.3 Å². The Hall–Kier alpha value is -0.970. The second-order valence-electron chi connectivity index (χ2n) is 6.37. The minimum atomic E-state index is -0.468. The Kier molecular flexibility index (Phi) is 12.6. The first kappa shape index (κ1) is 24.1. The summed E-state index contributed by atoms with van der Waals surface area (Å²) in [5.74, 6) is -0.531. The molecule has 0 bridgehead atoms. The number of carbonyl (C=O) groups is 2. The molecule has 0 aliphatic carbocycles. The number of esters is 2. The molecule has 1 aromatic carbocycles. The van der Waals surface area contributed by atoms with Crippen molar-refractivity contribution in [2.24, 2.45) is 0 Å². The highest BCUT2D eigenvalue weighted by Crippen LogP contribution is 2.34. The third kappa shape index (κ3) is 10.8. The fourth-order valence-corrected chi connectivity index (χ4v) is 3.04. The number of halogens is 3. The van der Waals surface area contributed by atoms with Crippen LogP contribution in [0.2, 0.25) is 15.1 Å². The van der Waals surface area contributed by atoms with E-state index in [1.165, 1.54) is 44.2 Å². The molecule has 0 N–H and O–H groups in total. The molecule has 0 radical (unpaired) electrons. The monoisotopic (exact) mass is 436 g/mol. The van der Waals surface area contributed by atoms with E-state index in [9.17, 15) is 9.59 Å². The van der Waals surface area contributed by atoms with Crippen molar-refractivity contribution >= 4 is 46.7 Å². The van der Waals surface area contributed by atoms with E-state index >= 15 is 0 Å². The fraction of sp³-hybridized carbons (Fsp3) is 0.600. The van der Waals surface area contributed by atoms with Crippen LogP contribution >= 0.6 is 34.8 Å². The molecule has 0 amide bonds. The molecule has 152 valence electrons. The Morgan fingerprint density at radius 1 is 0.815 bits per heavy atom. The van der Waals surface area contributed by atoms with Crippen molar-refractivity contribution in [3.05, 3.63) is 27.2 Å². The van der Waals surface area contributed by atoms with Gasteiger partial charge in [-0.1, -0.05) is 80.3 Å². The molecule has 0 aliphatic heterocycles. The van der Waals surface area contributed by atoms with Gasteiger partial charge in [-0.2, -0.15) is 0 Å². The van der Waals surface area contributed by atoms with Crippen LogP contribution in [-0.2, 0) is 14.3 Å². The predicted molar refractivity (Wildman–Crippen MR) is 110 cm³/mol. The summed E-state index contributed by atoms with van der Waals surface area (Å²) in [6, 6.07) is 2.84. The van der Waals surface area contributed by atoms with Crippen LogP contribution in [0.15, 0.2) is 12.1 Å².